The highest BCUT2D eigenvalue weighted by Gasteiger charge is 2.07. The van der Waals surface area contributed by atoms with Crippen molar-refractivity contribution in [1.82, 2.24) is 0 Å². The second kappa shape index (κ2) is 11.5. The highest BCUT2D eigenvalue weighted by atomic mass is 16.5. The Hall–Kier alpha value is -3.28. The zero-order valence-corrected chi connectivity index (χ0v) is 17.1. The van der Waals surface area contributed by atoms with Crippen LogP contribution in [-0.4, -0.2) is 31.7 Å². The Kier molecular flexibility index (Phi) is 8.76. The Morgan fingerprint density at radius 1 is 0.931 bits per heavy atom. The van der Waals surface area contributed by atoms with Crippen molar-refractivity contribution in [3.8, 4) is 11.5 Å². The molecule has 0 unspecified atom stereocenters. The number of esters is 1. The van der Waals surface area contributed by atoms with Gasteiger partial charge in [0, 0.05) is 11.8 Å². The molecule has 6 heteroatoms. The molecule has 0 saturated carbocycles. The van der Waals surface area contributed by atoms with Crippen LogP contribution in [-0.2, 0) is 9.53 Å². The van der Waals surface area contributed by atoms with E-state index in [1.165, 1.54) is 6.08 Å². The van der Waals surface area contributed by atoms with Crippen molar-refractivity contribution in [2.45, 2.75) is 27.2 Å². The van der Waals surface area contributed by atoms with Gasteiger partial charge in [-0.1, -0.05) is 13.0 Å². The van der Waals surface area contributed by atoms with Gasteiger partial charge in [0.2, 0.25) is 5.91 Å². The maximum atomic E-state index is 12.2. The van der Waals surface area contributed by atoms with E-state index in [2.05, 4.69) is 5.32 Å². The molecule has 0 aliphatic carbocycles. The lowest BCUT2D eigenvalue weighted by atomic mass is 10.2. The van der Waals surface area contributed by atoms with Crippen molar-refractivity contribution in [3.63, 3.8) is 0 Å². The van der Waals surface area contributed by atoms with Crippen LogP contribution >= 0.6 is 0 Å². The van der Waals surface area contributed by atoms with Crippen molar-refractivity contribution < 1.29 is 23.8 Å². The summed E-state index contributed by atoms with van der Waals surface area (Å²) in [4.78, 5) is 24.0. The molecule has 6 nitrogen and oxygen atoms in total. The van der Waals surface area contributed by atoms with Crippen LogP contribution in [0.2, 0.25) is 0 Å². The van der Waals surface area contributed by atoms with Gasteiger partial charge in [-0.3, -0.25) is 4.79 Å². The number of anilines is 1. The summed E-state index contributed by atoms with van der Waals surface area (Å²) in [5, 5.41) is 2.76. The number of nitrogens with one attached hydrogen (secondary N) is 1. The minimum Gasteiger partial charge on any atom is -0.490 e. The third-order valence-electron chi connectivity index (χ3n) is 3.82. The molecule has 29 heavy (non-hydrogen) atoms. The predicted molar refractivity (Wildman–Crippen MR) is 113 cm³/mol. The average Bonchev–Trinajstić information content (AvgIpc) is 2.73. The molecule has 1 N–H and O–H groups in total. The minimum absolute atomic E-state index is 0.279. The zero-order chi connectivity index (χ0) is 21.1. The van der Waals surface area contributed by atoms with Crippen molar-refractivity contribution >= 4 is 23.6 Å². The number of rotatable bonds is 10. The summed E-state index contributed by atoms with van der Waals surface area (Å²) in [7, 11) is 0. The van der Waals surface area contributed by atoms with Gasteiger partial charge in [-0.15, -0.1) is 0 Å². The summed E-state index contributed by atoms with van der Waals surface area (Å²) in [6.45, 7) is 7.21. The molecule has 0 aliphatic rings. The Bertz CT molecular complexity index is 843. The number of carbonyl (C=O) groups excluding carboxylic acids is 2. The molecule has 2 aromatic rings. The van der Waals surface area contributed by atoms with E-state index in [0.717, 1.165) is 12.0 Å². The third kappa shape index (κ3) is 6.99. The number of benzene rings is 2. The van der Waals surface area contributed by atoms with Crippen molar-refractivity contribution in [3.05, 3.63) is 59.7 Å². The van der Waals surface area contributed by atoms with Crippen LogP contribution in [0.1, 0.15) is 43.1 Å². The van der Waals surface area contributed by atoms with E-state index in [0.29, 0.717) is 42.6 Å². The second-order valence-corrected chi connectivity index (χ2v) is 6.11. The fraction of sp³-hybridized carbons (Fsp3) is 0.304. The van der Waals surface area contributed by atoms with Gasteiger partial charge in [-0.2, -0.15) is 0 Å². The standard InChI is InChI=1S/C23H27NO5/c1-4-15-29-23(26)18-9-11-19(12-10-18)24-22(25)14-8-17-7-13-20(27-5-2)21(16-17)28-6-3/h7-14,16H,4-6,15H2,1-3H3,(H,24,25). The predicted octanol–water partition coefficient (Wildman–Crippen LogP) is 4.70. The van der Waals surface area contributed by atoms with Crippen LogP contribution in [0.3, 0.4) is 0 Å². The topological polar surface area (TPSA) is 73.9 Å². The molecule has 0 bridgehead atoms. The van der Waals surface area contributed by atoms with Gasteiger partial charge in [0.05, 0.1) is 25.4 Å². The largest absolute Gasteiger partial charge is 0.490 e. The molecular formula is C23H27NO5. The lowest BCUT2D eigenvalue weighted by molar-refractivity contribution is -0.111. The lowest BCUT2D eigenvalue weighted by Gasteiger charge is -2.11. The fourth-order valence-electron chi connectivity index (χ4n) is 2.49. The van der Waals surface area contributed by atoms with Gasteiger partial charge in [-0.25, -0.2) is 4.79 Å². The summed E-state index contributed by atoms with van der Waals surface area (Å²) >= 11 is 0. The normalized spacial score (nSPS) is 10.6. The number of carbonyl (C=O) groups is 2. The van der Waals surface area contributed by atoms with E-state index < -0.39 is 0 Å². The van der Waals surface area contributed by atoms with E-state index in [4.69, 9.17) is 14.2 Å². The molecule has 0 aliphatic heterocycles. The molecule has 1 amide bonds. The van der Waals surface area contributed by atoms with E-state index in [-0.39, 0.29) is 11.9 Å². The second-order valence-electron chi connectivity index (χ2n) is 6.11. The summed E-state index contributed by atoms with van der Waals surface area (Å²) in [5.74, 6) is 0.666. The molecule has 0 heterocycles. The fourth-order valence-corrected chi connectivity index (χ4v) is 2.49. The van der Waals surface area contributed by atoms with Gasteiger partial charge in [0.15, 0.2) is 11.5 Å². The Labute approximate surface area is 171 Å². The maximum absolute atomic E-state index is 12.2. The van der Waals surface area contributed by atoms with Crippen LogP contribution in [0.4, 0.5) is 5.69 Å². The van der Waals surface area contributed by atoms with Gasteiger partial charge in [0.25, 0.3) is 0 Å². The van der Waals surface area contributed by atoms with Gasteiger partial charge in [-0.05, 0) is 68.3 Å². The Morgan fingerprint density at radius 3 is 2.28 bits per heavy atom. The molecule has 2 rings (SSSR count). The average molecular weight is 397 g/mol. The van der Waals surface area contributed by atoms with E-state index >= 15 is 0 Å². The van der Waals surface area contributed by atoms with Crippen LogP contribution in [0.5, 0.6) is 11.5 Å². The lowest BCUT2D eigenvalue weighted by Crippen LogP contribution is -2.09. The quantitative estimate of drug-likeness (QED) is 0.465. The highest BCUT2D eigenvalue weighted by Crippen LogP contribution is 2.29. The molecule has 2 aromatic carbocycles. The first-order valence-electron chi connectivity index (χ1n) is 9.73. The SMILES string of the molecule is CCCOC(=O)c1ccc(NC(=O)C=Cc2ccc(OCC)c(OCC)c2)cc1. The van der Waals surface area contributed by atoms with E-state index in [1.54, 1.807) is 30.3 Å². The van der Waals surface area contributed by atoms with Crippen LogP contribution in [0.25, 0.3) is 6.08 Å². The van der Waals surface area contributed by atoms with Crippen molar-refractivity contribution in [2.75, 3.05) is 25.1 Å². The first-order valence-corrected chi connectivity index (χ1v) is 9.73. The zero-order valence-electron chi connectivity index (χ0n) is 17.1. The molecule has 0 radical (unpaired) electrons. The van der Waals surface area contributed by atoms with Crippen molar-refractivity contribution in [2.24, 2.45) is 0 Å². The van der Waals surface area contributed by atoms with Gasteiger partial charge >= 0.3 is 5.97 Å². The monoisotopic (exact) mass is 397 g/mol. The summed E-state index contributed by atoms with van der Waals surface area (Å²) in [5.41, 5.74) is 1.86. The molecule has 0 atom stereocenters. The molecular weight excluding hydrogens is 370 g/mol. The first kappa shape index (κ1) is 22.0. The third-order valence-corrected chi connectivity index (χ3v) is 3.82. The van der Waals surface area contributed by atoms with Crippen LogP contribution in [0, 0.1) is 0 Å². The Balaban J connectivity index is 1.98. The van der Waals surface area contributed by atoms with Gasteiger partial charge < -0.3 is 19.5 Å². The van der Waals surface area contributed by atoms with Crippen LogP contribution < -0.4 is 14.8 Å². The molecule has 0 aromatic heterocycles. The van der Waals surface area contributed by atoms with E-state index in [9.17, 15) is 9.59 Å². The summed E-state index contributed by atoms with van der Waals surface area (Å²) in [6, 6.07) is 12.1. The molecule has 0 saturated heterocycles. The number of amides is 1. The smallest absolute Gasteiger partial charge is 0.338 e. The summed E-state index contributed by atoms with van der Waals surface area (Å²) in [6.07, 6.45) is 3.91. The van der Waals surface area contributed by atoms with Crippen molar-refractivity contribution in [1.29, 1.82) is 0 Å². The number of ether oxygens (including phenoxy) is 3. The molecule has 0 fully saturated rings. The summed E-state index contributed by atoms with van der Waals surface area (Å²) < 4.78 is 16.2. The maximum Gasteiger partial charge on any atom is 0.338 e. The number of hydrogen-bond acceptors (Lipinski definition) is 5. The first-order chi connectivity index (χ1) is 14.1. The number of hydrogen-bond donors (Lipinski definition) is 1. The molecule has 154 valence electrons. The highest BCUT2D eigenvalue weighted by molar-refractivity contribution is 6.02. The van der Waals surface area contributed by atoms with Gasteiger partial charge in [0.1, 0.15) is 0 Å². The Morgan fingerprint density at radius 2 is 1.62 bits per heavy atom. The minimum atomic E-state index is -0.370. The molecule has 0 spiro atoms. The van der Waals surface area contributed by atoms with E-state index in [1.807, 2.05) is 39.0 Å². The van der Waals surface area contributed by atoms with Crippen LogP contribution in [0.15, 0.2) is 48.5 Å².